The molecule has 1 unspecified atom stereocenters. The van der Waals surface area contributed by atoms with Crippen LogP contribution in [-0.2, 0) is 9.53 Å². The number of Topliss-reactive ketones (excluding diaryl/α,β-unsaturated/α-hetero) is 1. The molecule has 0 saturated carbocycles. The van der Waals surface area contributed by atoms with Gasteiger partial charge in [-0.1, -0.05) is 12.1 Å². The van der Waals surface area contributed by atoms with E-state index >= 15 is 0 Å². The van der Waals surface area contributed by atoms with Crippen LogP contribution in [0.1, 0.15) is 45.7 Å². The highest BCUT2D eigenvalue weighted by molar-refractivity contribution is 6.01. The second-order valence-corrected chi connectivity index (χ2v) is 5.97. The minimum Gasteiger partial charge on any atom is -0.451 e. The maximum absolute atomic E-state index is 12.4. The van der Waals surface area contributed by atoms with E-state index in [9.17, 15) is 14.4 Å². The fourth-order valence-electron chi connectivity index (χ4n) is 2.30. The molecule has 0 heterocycles. The predicted molar refractivity (Wildman–Crippen MR) is 95.9 cm³/mol. The standard InChI is InChI=1S/C20H21NO4/c1-12-5-6-17(11-13(12)2)19(23)14(3)25-20(24)16-7-9-18(10-8-16)21-15(4)22/h5-11,14H,1-4H3,(H,21,22). The molecular weight excluding hydrogens is 318 g/mol. The smallest absolute Gasteiger partial charge is 0.338 e. The molecule has 1 amide bonds. The molecule has 1 N–H and O–H groups in total. The van der Waals surface area contributed by atoms with E-state index in [1.165, 1.54) is 6.92 Å². The minimum absolute atomic E-state index is 0.192. The predicted octanol–water partition coefficient (Wildman–Crippen LogP) is 3.69. The summed E-state index contributed by atoms with van der Waals surface area (Å²) in [5, 5.41) is 2.62. The Balaban J connectivity index is 2.04. The number of benzene rings is 2. The topological polar surface area (TPSA) is 72.5 Å². The molecule has 2 aromatic rings. The van der Waals surface area contributed by atoms with Gasteiger partial charge in [-0.25, -0.2) is 4.79 Å². The third-order valence-corrected chi connectivity index (χ3v) is 3.89. The lowest BCUT2D eigenvalue weighted by atomic mass is 10.0. The summed E-state index contributed by atoms with van der Waals surface area (Å²) in [5.41, 5.74) is 3.53. The molecular formula is C20H21NO4. The molecule has 25 heavy (non-hydrogen) atoms. The third-order valence-electron chi connectivity index (χ3n) is 3.89. The minimum atomic E-state index is -0.885. The number of carbonyl (C=O) groups is 3. The van der Waals surface area contributed by atoms with Crippen molar-refractivity contribution in [3.63, 3.8) is 0 Å². The molecule has 5 nitrogen and oxygen atoms in total. The third kappa shape index (κ3) is 4.76. The number of aryl methyl sites for hydroxylation is 2. The normalized spacial score (nSPS) is 11.5. The molecule has 0 radical (unpaired) electrons. The SMILES string of the molecule is CC(=O)Nc1ccc(C(=O)OC(C)C(=O)c2ccc(C)c(C)c2)cc1. The van der Waals surface area contributed by atoms with Gasteiger partial charge in [0.2, 0.25) is 11.7 Å². The van der Waals surface area contributed by atoms with Crippen molar-refractivity contribution in [2.45, 2.75) is 33.8 Å². The molecule has 0 aliphatic heterocycles. The number of ketones is 1. The van der Waals surface area contributed by atoms with E-state index in [1.807, 2.05) is 19.9 Å². The summed E-state index contributed by atoms with van der Waals surface area (Å²) >= 11 is 0. The molecule has 130 valence electrons. The number of hydrogen-bond acceptors (Lipinski definition) is 4. The molecule has 0 spiro atoms. The van der Waals surface area contributed by atoms with Crippen LogP contribution in [0.2, 0.25) is 0 Å². The summed E-state index contributed by atoms with van der Waals surface area (Å²) in [6.45, 7) is 6.86. The van der Waals surface area contributed by atoms with E-state index in [2.05, 4.69) is 5.32 Å². The van der Waals surface area contributed by atoms with Gasteiger partial charge < -0.3 is 10.1 Å². The first-order chi connectivity index (χ1) is 11.8. The Kier molecular flexibility index (Phi) is 5.70. The zero-order valence-corrected chi connectivity index (χ0v) is 14.8. The second kappa shape index (κ2) is 7.75. The van der Waals surface area contributed by atoms with Crippen molar-refractivity contribution in [3.05, 3.63) is 64.7 Å². The van der Waals surface area contributed by atoms with E-state index < -0.39 is 12.1 Å². The zero-order chi connectivity index (χ0) is 18.6. The molecule has 1 atom stereocenters. The van der Waals surface area contributed by atoms with Gasteiger partial charge in [-0.05, 0) is 62.2 Å². The average molecular weight is 339 g/mol. The summed E-state index contributed by atoms with van der Waals surface area (Å²) in [7, 11) is 0. The molecule has 0 aromatic heterocycles. The van der Waals surface area contributed by atoms with E-state index in [0.29, 0.717) is 16.8 Å². The Morgan fingerprint density at radius 1 is 0.920 bits per heavy atom. The lowest BCUT2D eigenvalue weighted by molar-refractivity contribution is -0.114. The van der Waals surface area contributed by atoms with Crippen molar-refractivity contribution in [3.8, 4) is 0 Å². The van der Waals surface area contributed by atoms with Gasteiger partial charge >= 0.3 is 5.97 Å². The molecule has 5 heteroatoms. The van der Waals surface area contributed by atoms with Crippen molar-refractivity contribution in [1.82, 2.24) is 0 Å². The fraction of sp³-hybridized carbons (Fsp3) is 0.250. The summed E-state index contributed by atoms with van der Waals surface area (Å²) in [6.07, 6.45) is -0.885. The van der Waals surface area contributed by atoms with Crippen LogP contribution in [0.3, 0.4) is 0 Å². The highest BCUT2D eigenvalue weighted by Crippen LogP contribution is 2.15. The molecule has 0 aliphatic rings. The van der Waals surface area contributed by atoms with Gasteiger partial charge in [0.15, 0.2) is 6.10 Å². The van der Waals surface area contributed by atoms with Crippen LogP contribution in [0, 0.1) is 13.8 Å². The van der Waals surface area contributed by atoms with Crippen molar-refractivity contribution >= 4 is 23.3 Å². The quantitative estimate of drug-likeness (QED) is 0.666. The number of rotatable bonds is 5. The molecule has 0 fully saturated rings. The van der Waals surface area contributed by atoms with Crippen molar-refractivity contribution in [2.24, 2.45) is 0 Å². The molecule has 0 aliphatic carbocycles. The first kappa shape index (κ1) is 18.4. The first-order valence-corrected chi connectivity index (χ1v) is 7.98. The molecule has 2 aromatic carbocycles. The van der Waals surface area contributed by atoms with Gasteiger partial charge in [-0.15, -0.1) is 0 Å². The Hall–Kier alpha value is -2.95. The number of carbonyl (C=O) groups excluding carboxylic acids is 3. The van der Waals surface area contributed by atoms with Crippen LogP contribution in [0.15, 0.2) is 42.5 Å². The number of esters is 1. The van der Waals surface area contributed by atoms with Crippen LogP contribution in [0.4, 0.5) is 5.69 Å². The van der Waals surface area contributed by atoms with Gasteiger partial charge in [0.1, 0.15) is 0 Å². The lowest BCUT2D eigenvalue weighted by Crippen LogP contribution is -2.24. The summed E-state index contributed by atoms with van der Waals surface area (Å²) < 4.78 is 5.27. The van der Waals surface area contributed by atoms with Crippen LogP contribution >= 0.6 is 0 Å². The van der Waals surface area contributed by atoms with Gasteiger partial charge in [-0.2, -0.15) is 0 Å². The molecule has 2 rings (SSSR count). The Labute approximate surface area is 147 Å². The van der Waals surface area contributed by atoms with Crippen LogP contribution in [0.5, 0.6) is 0 Å². The highest BCUT2D eigenvalue weighted by atomic mass is 16.5. The average Bonchev–Trinajstić information content (AvgIpc) is 2.56. The Morgan fingerprint density at radius 3 is 2.08 bits per heavy atom. The van der Waals surface area contributed by atoms with E-state index in [1.54, 1.807) is 43.3 Å². The van der Waals surface area contributed by atoms with Gasteiger partial charge in [0.25, 0.3) is 0 Å². The van der Waals surface area contributed by atoms with E-state index in [4.69, 9.17) is 4.74 Å². The van der Waals surface area contributed by atoms with Crippen molar-refractivity contribution in [2.75, 3.05) is 5.32 Å². The van der Waals surface area contributed by atoms with Gasteiger partial charge in [-0.3, -0.25) is 9.59 Å². The van der Waals surface area contributed by atoms with E-state index in [0.717, 1.165) is 11.1 Å². The number of nitrogens with one attached hydrogen (secondary N) is 1. The van der Waals surface area contributed by atoms with Crippen LogP contribution < -0.4 is 5.32 Å². The highest BCUT2D eigenvalue weighted by Gasteiger charge is 2.20. The maximum atomic E-state index is 12.4. The lowest BCUT2D eigenvalue weighted by Gasteiger charge is -2.13. The number of hydrogen-bond donors (Lipinski definition) is 1. The fourth-order valence-corrected chi connectivity index (χ4v) is 2.30. The number of amides is 1. The van der Waals surface area contributed by atoms with Gasteiger partial charge in [0, 0.05) is 18.2 Å². The van der Waals surface area contributed by atoms with Crippen molar-refractivity contribution < 1.29 is 19.1 Å². The molecule has 0 saturated heterocycles. The summed E-state index contributed by atoms with van der Waals surface area (Å²) in [4.78, 5) is 35.6. The zero-order valence-electron chi connectivity index (χ0n) is 14.8. The maximum Gasteiger partial charge on any atom is 0.338 e. The Bertz CT molecular complexity index is 809. The largest absolute Gasteiger partial charge is 0.451 e. The van der Waals surface area contributed by atoms with Gasteiger partial charge in [0.05, 0.1) is 5.56 Å². The summed E-state index contributed by atoms with van der Waals surface area (Å²) in [5.74, 6) is -1.02. The molecule has 0 bridgehead atoms. The summed E-state index contributed by atoms with van der Waals surface area (Å²) in [6, 6.07) is 11.7. The second-order valence-electron chi connectivity index (χ2n) is 5.97. The monoisotopic (exact) mass is 339 g/mol. The number of anilines is 1. The van der Waals surface area contributed by atoms with Crippen molar-refractivity contribution in [1.29, 1.82) is 0 Å². The van der Waals surface area contributed by atoms with Crippen LogP contribution in [-0.4, -0.2) is 23.8 Å². The number of ether oxygens (including phenoxy) is 1. The first-order valence-electron chi connectivity index (χ1n) is 7.98. The Morgan fingerprint density at radius 2 is 1.52 bits per heavy atom. The van der Waals surface area contributed by atoms with E-state index in [-0.39, 0.29) is 11.7 Å². The van der Waals surface area contributed by atoms with Crippen LogP contribution in [0.25, 0.3) is 0 Å².